The van der Waals surface area contributed by atoms with Gasteiger partial charge in [0.1, 0.15) is 12.4 Å². The summed E-state index contributed by atoms with van der Waals surface area (Å²) in [5, 5.41) is 1.24. The minimum atomic E-state index is -1.03. The summed E-state index contributed by atoms with van der Waals surface area (Å²) in [6.07, 6.45) is 4.47. The predicted octanol–water partition coefficient (Wildman–Crippen LogP) is 5.59. The Morgan fingerprint density at radius 1 is 1.41 bits per heavy atom. The van der Waals surface area contributed by atoms with Crippen molar-refractivity contribution in [3.05, 3.63) is 26.0 Å². The molecule has 0 radical (unpaired) electrons. The summed E-state index contributed by atoms with van der Waals surface area (Å²) in [6, 6.07) is 3.38. The molecule has 6 heteroatoms. The Bertz CT molecular complexity index is 691. The summed E-state index contributed by atoms with van der Waals surface area (Å²) < 4.78 is 10.7. The molecule has 0 atom stereocenters. The van der Waals surface area contributed by atoms with Crippen LogP contribution in [0.1, 0.15) is 24.5 Å². The topological polar surface area (TPSA) is 27.1 Å². The maximum absolute atomic E-state index is 6.01. The minimum absolute atomic E-state index is 0.629. The fraction of sp³-hybridized carbons (Fsp3) is 0.562. The normalized spacial score (nSPS) is 15.7. The quantitative estimate of drug-likeness (QED) is 0.298. The van der Waals surface area contributed by atoms with Crippen molar-refractivity contribution in [2.24, 2.45) is 0 Å². The van der Waals surface area contributed by atoms with Crippen molar-refractivity contribution in [2.45, 2.75) is 51.2 Å². The van der Waals surface area contributed by atoms with Gasteiger partial charge in [-0.1, -0.05) is 19.6 Å². The van der Waals surface area contributed by atoms with E-state index in [0.29, 0.717) is 12.6 Å². The first-order chi connectivity index (χ1) is 10.4. The molecular formula is C16H22BrIN2OSi. The molecule has 0 aromatic carbocycles. The molecular weight excluding hydrogens is 471 g/mol. The van der Waals surface area contributed by atoms with Gasteiger partial charge in [0.2, 0.25) is 0 Å². The van der Waals surface area contributed by atoms with Crippen molar-refractivity contribution in [2.75, 3.05) is 6.61 Å². The second-order valence-electron chi connectivity index (χ2n) is 7.27. The number of fused-ring (bicyclic) bond motifs is 1. The predicted molar refractivity (Wildman–Crippen MR) is 106 cm³/mol. The van der Waals surface area contributed by atoms with E-state index in [2.05, 4.69) is 73.8 Å². The van der Waals surface area contributed by atoms with Crippen molar-refractivity contribution < 1.29 is 4.74 Å². The van der Waals surface area contributed by atoms with Gasteiger partial charge in [0.05, 0.1) is 0 Å². The third-order valence-corrected chi connectivity index (χ3v) is 7.29. The van der Waals surface area contributed by atoms with Crippen molar-refractivity contribution in [1.29, 1.82) is 0 Å². The van der Waals surface area contributed by atoms with Gasteiger partial charge in [-0.15, -0.1) is 0 Å². The van der Waals surface area contributed by atoms with E-state index in [0.717, 1.165) is 16.7 Å². The molecule has 1 saturated carbocycles. The first-order valence-electron chi connectivity index (χ1n) is 7.78. The van der Waals surface area contributed by atoms with E-state index >= 15 is 0 Å². The molecule has 2 aromatic heterocycles. The molecule has 1 fully saturated rings. The second-order valence-corrected chi connectivity index (χ2v) is 14.9. The van der Waals surface area contributed by atoms with Crippen LogP contribution in [0.5, 0.6) is 0 Å². The molecule has 2 heterocycles. The highest BCUT2D eigenvalue weighted by Crippen LogP contribution is 2.45. The van der Waals surface area contributed by atoms with E-state index in [1.165, 1.54) is 33.5 Å². The van der Waals surface area contributed by atoms with E-state index in [1.54, 1.807) is 0 Å². The molecule has 0 spiro atoms. The van der Waals surface area contributed by atoms with Crippen LogP contribution >= 0.6 is 38.5 Å². The molecule has 120 valence electrons. The largest absolute Gasteiger partial charge is 0.361 e. The van der Waals surface area contributed by atoms with Gasteiger partial charge in [-0.05, 0) is 63.5 Å². The van der Waals surface area contributed by atoms with Gasteiger partial charge in [-0.3, -0.25) is 0 Å². The molecule has 0 bridgehead atoms. The van der Waals surface area contributed by atoms with Gasteiger partial charge >= 0.3 is 0 Å². The molecule has 0 amide bonds. The van der Waals surface area contributed by atoms with Crippen LogP contribution < -0.4 is 0 Å². The maximum atomic E-state index is 6.01. The van der Waals surface area contributed by atoms with Crippen LogP contribution in [-0.4, -0.2) is 24.2 Å². The van der Waals surface area contributed by atoms with Gasteiger partial charge in [0.15, 0.2) is 0 Å². The number of pyridine rings is 1. The van der Waals surface area contributed by atoms with E-state index in [-0.39, 0.29) is 0 Å². The molecule has 3 nitrogen and oxygen atoms in total. The summed E-state index contributed by atoms with van der Waals surface area (Å²) in [5.41, 5.74) is 2.48. The summed E-state index contributed by atoms with van der Waals surface area (Å²) in [7, 11) is -1.03. The van der Waals surface area contributed by atoms with Crippen LogP contribution in [0.15, 0.2) is 16.7 Å². The van der Waals surface area contributed by atoms with Crippen LogP contribution in [0.4, 0.5) is 0 Å². The number of aromatic nitrogens is 2. The first-order valence-corrected chi connectivity index (χ1v) is 13.4. The molecule has 22 heavy (non-hydrogen) atoms. The summed E-state index contributed by atoms with van der Waals surface area (Å²) in [4.78, 5) is 4.64. The van der Waals surface area contributed by atoms with Gasteiger partial charge in [0.25, 0.3) is 0 Å². The van der Waals surface area contributed by atoms with Gasteiger partial charge in [-0.2, -0.15) is 0 Å². The molecule has 0 aliphatic heterocycles. The summed E-state index contributed by atoms with van der Waals surface area (Å²) >= 11 is 6.01. The molecule has 2 aromatic rings. The van der Waals surface area contributed by atoms with Crippen molar-refractivity contribution in [3.63, 3.8) is 0 Å². The lowest BCUT2D eigenvalue weighted by atomic mass is 10.2. The average Bonchev–Trinajstić information content (AvgIpc) is 3.21. The maximum Gasteiger partial charge on any atom is 0.143 e. The Morgan fingerprint density at radius 3 is 2.77 bits per heavy atom. The molecule has 1 aliphatic rings. The van der Waals surface area contributed by atoms with E-state index in [1.807, 2.05) is 6.20 Å². The van der Waals surface area contributed by atoms with Crippen LogP contribution in [-0.2, 0) is 11.5 Å². The van der Waals surface area contributed by atoms with E-state index in [9.17, 15) is 0 Å². The Balaban J connectivity index is 1.85. The fourth-order valence-corrected chi connectivity index (χ4v) is 4.82. The summed E-state index contributed by atoms with van der Waals surface area (Å²) in [5.74, 6) is 0.695. The smallest absolute Gasteiger partial charge is 0.143 e. The Morgan fingerprint density at radius 2 is 2.14 bits per heavy atom. The van der Waals surface area contributed by atoms with Crippen LogP contribution in [0.2, 0.25) is 25.7 Å². The number of ether oxygens (including phenoxy) is 1. The Kier molecular flexibility index (Phi) is 5.02. The standard InChI is InChI=1S/C16H22BrIN2OSi/c1-22(2,3)7-6-21-10-20-15(11-4-5-11)14(18)13-8-12(17)9-19-16(13)20/h8-9,11H,4-7,10H2,1-3H3. The third-order valence-electron chi connectivity index (χ3n) is 4.02. The molecule has 3 rings (SSSR count). The number of rotatable bonds is 6. The van der Waals surface area contributed by atoms with Crippen LogP contribution in [0, 0.1) is 3.57 Å². The number of hydrogen-bond acceptors (Lipinski definition) is 2. The SMILES string of the molecule is C[Si](C)(C)CCOCn1c(C2CC2)c(I)c2cc(Br)cnc21. The highest BCUT2D eigenvalue weighted by atomic mass is 127. The molecule has 0 N–H and O–H groups in total. The molecule has 0 saturated heterocycles. The van der Waals surface area contributed by atoms with Crippen LogP contribution in [0.25, 0.3) is 11.0 Å². The van der Waals surface area contributed by atoms with E-state index in [4.69, 9.17) is 4.74 Å². The lowest BCUT2D eigenvalue weighted by molar-refractivity contribution is 0.0879. The minimum Gasteiger partial charge on any atom is -0.361 e. The zero-order valence-corrected chi connectivity index (χ0v) is 18.1. The molecule has 1 aliphatic carbocycles. The van der Waals surface area contributed by atoms with Crippen molar-refractivity contribution >= 4 is 57.6 Å². The zero-order chi connectivity index (χ0) is 15.9. The summed E-state index contributed by atoms with van der Waals surface area (Å²) in [6.45, 7) is 8.65. The Labute approximate surface area is 155 Å². The zero-order valence-electron chi connectivity index (χ0n) is 13.3. The van der Waals surface area contributed by atoms with Gasteiger partial charge < -0.3 is 9.30 Å². The highest BCUT2D eigenvalue weighted by molar-refractivity contribution is 14.1. The number of hydrogen-bond donors (Lipinski definition) is 0. The number of halogens is 2. The fourth-order valence-electron chi connectivity index (χ4n) is 2.60. The number of nitrogens with zero attached hydrogens (tertiary/aromatic N) is 2. The van der Waals surface area contributed by atoms with Crippen molar-refractivity contribution in [1.82, 2.24) is 9.55 Å². The highest BCUT2D eigenvalue weighted by Gasteiger charge is 2.31. The Hall–Kier alpha value is 0.0769. The lowest BCUT2D eigenvalue weighted by Gasteiger charge is -2.16. The third kappa shape index (κ3) is 3.76. The monoisotopic (exact) mass is 492 g/mol. The van der Waals surface area contributed by atoms with Crippen LogP contribution in [0.3, 0.4) is 0 Å². The first kappa shape index (κ1) is 16.9. The van der Waals surface area contributed by atoms with Gasteiger partial charge in [-0.25, -0.2) is 4.98 Å². The van der Waals surface area contributed by atoms with E-state index < -0.39 is 8.07 Å². The van der Waals surface area contributed by atoms with Gasteiger partial charge in [0, 0.05) is 45.9 Å². The lowest BCUT2D eigenvalue weighted by Crippen LogP contribution is -2.22. The molecule has 0 unspecified atom stereocenters. The average molecular weight is 493 g/mol. The second kappa shape index (κ2) is 6.53. The van der Waals surface area contributed by atoms with Crippen molar-refractivity contribution in [3.8, 4) is 0 Å².